The molecule has 0 aliphatic rings. The van der Waals surface area contributed by atoms with Crippen LogP contribution in [0.1, 0.15) is 25.3 Å². The first-order chi connectivity index (χ1) is 9.15. The number of halogens is 1. The number of aromatic nitrogens is 1. The lowest BCUT2D eigenvalue weighted by Crippen LogP contribution is -2.17. The van der Waals surface area contributed by atoms with Crippen molar-refractivity contribution in [3.8, 4) is 5.88 Å². The number of hydrogen-bond acceptors (Lipinski definition) is 4. The minimum atomic E-state index is -0.351. The first-order valence-electron chi connectivity index (χ1n) is 6.76. The third-order valence-corrected chi connectivity index (χ3v) is 2.67. The molecule has 0 spiro atoms. The van der Waals surface area contributed by atoms with Crippen LogP contribution in [0.2, 0.25) is 0 Å². The highest BCUT2D eigenvalue weighted by Gasteiger charge is 2.10. The zero-order valence-electron chi connectivity index (χ0n) is 12.1. The van der Waals surface area contributed by atoms with Gasteiger partial charge in [0, 0.05) is 24.8 Å². The van der Waals surface area contributed by atoms with Gasteiger partial charge in [-0.2, -0.15) is 0 Å². The second-order valence-electron chi connectivity index (χ2n) is 4.77. The van der Waals surface area contributed by atoms with Crippen molar-refractivity contribution in [3.63, 3.8) is 0 Å². The minimum absolute atomic E-state index is 0.106. The maximum Gasteiger partial charge on any atom is 0.250 e. The van der Waals surface area contributed by atoms with E-state index in [1.54, 1.807) is 12.3 Å². The summed E-state index contributed by atoms with van der Waals surface area (Å²) in [5.74, 6) is -0.245. The number of hydrogen-bond donors (Lipinski definition) is 1. The fourth-order valence-electron chi connectivity index (χ4n) is 1.65. The molecule has 0 aliphatic heterocycles. The summed E-state index contributed by atoms with van der Waals surface area (Å²) in [6.45, 7) is 4.86. The van der Waals surface area contributed by atoms with Crippen LogP contribution >= 0.6 is 0 Å². The van der Waals surface area contributed by atoms with Crippen molar-refractivity contribution in [1.29, 1.82) is 0 Å². The summed E-state index contributed by atoms with van der Waals surface area (Å²) in [7, 11) is 4.00. The summed E-state index contributed by atoms with van der Waals surface area (Å²) in [6, 6.07) is 1.69. The third kappa shape index (κ3) is 5.98. The largest absolute Gasteiger partial charge is 0.476 e. The SMILES string of the molecule is CCCNCc1ccnc(OCCCN(C)C)c1F. The maximum atomic E-state index is 14.0. The average molecular weight is 269 g/mol. The Balaban J connectivity index is 2.47. The van der Waals surface area contributed by atoms with Crippen molar-refractivity contribution in [2.75, 3.05) is 33.8 Å². The number of nitrogens with zero attached hydrogens (tertiary/aromatic N) is 2. The van der Waals surface area contributed by atoms with E-state index in [0.29, 0.717) is 18.7 Å². The molecule has 4 nitrogen and oxygen atoms in total. The molecule has 0 saturated heterocycles. The monoisotopic (exact) mass is 269 g/mol. The average Bonchev–Trinajstić information content (AvgIpc) is 2.38. The second kappa shape index (κ2) is 8.82. The molecule has 1 heterocycles. The number of nitrogens with one attached hydrogen (secondary N) is 1. The van der Waals surface area contributed by atoms with Gasteiger partial charge in [0.25, 0.3) is 5.88 Å². The van der Waals surface area contributed by atoms with Gasteiger partial charge in [0.15, 0.2) is 5.82 Å². The van der Waals surface area contributed by atoms with E-state index in [0.717, 1.165) is 25.9 Å². The van der Waals surface area contributed by atoms with Crippen molar-refractivity contribution in [3.05, 3.63) is 23.6 Å². The summed E-state index contributed by atoms with van der Waals surface area (Å²) in [4.78, 5) is 6.01. The molecule has 5 heteroatoms. The molecule has 0 saturated carbocycles. The molecule has 0 aliphatic carbocycles. The van der Waals surface area contributed by atoms with E-state index in [9.17, 15) is 4.39 Å². The Bertz CT molecular complexity index is 372. The molecule has 0 radical (unpaired) electrons. The smallest absolute Gasteiger partial charge is 0.250 e. The van der Waals surface area contributed by atoms with Gasteiger partial charge in [0.05, 0.1) is 6.61 Å². The van der Waals surface area contributed by atoms with E-state index in [1.807, 2.05) is 14.1 Å². The molecule has 0 bridgehead atoms. The van der Waals surface area contributed by atoms with E-state index in [4.69, 9.17) is 4.74 Å². The zero-order chi connectivity index (χ0) is 14.1. The van der Waals surface area contributed by atoms with Crippen molar-refractivity contribution in [2.45, 2.75) is 26.3 Å². The molecule has 0 amide bonds. The Hall–Kier alpha value is -1.20. The summed E-state index contributed by atoms with van der Waals surface area (Å²) in [5.41, 5.74) is 0.603. The van der Waals surface area contributed by atoms with Crippen molar-refractivity contribution < 1.29 is 9.13 Å². The van der Waals surface area contributed by atoms with Crippen LogP contribution in [0.3, 0.4) is 0 Å². The standard InChI is InChI=1S/C14H24FN3O/c1-4-7-16-11-12-6-8-17-14(13(12)15)19-10-5-9-18(2)3/h6,8,16H,4-5,7,9-11H2,1-3H3. The van der Waals surface area contributed by atoms with E-state index in [1.165, 1.54) is 0 Å². The first-order valence-corrected chi connectivity index (χ1v) is 6.76. The van der Waals surface area contributed by atoms with Crippen LogP contribution < -0.4 is 10.1 Å². The molecule has 0 atom stereocenters. The van der Waals surface area contributed by atoms with Gasteiger partial charge in [-0.1, -0.05) is 6.92 Å². The van der Waals surface area contributed by atoms with Gasteiger partial charge in [-0.3, -0.25) is 0 Å². The molecular weight excluding hydrogens is 245 g/mol. The minimum Gasteiger partial charge on any atom is -0.476 e. The van der Waals surface area contributed by atoms with Gasteiger partial charge in [-0.05, 0) is 39.5 Å². The van der Waals surface area contributed by atoms with Crippen molar-refractivity contribution >= 4 is 0 Å². The predicted octanol–water partition coefficient (Wildman–Crippen LogP) is 2.05. The third-order valence-electron chi connectivity index (χ3n) is 2.67. The van der Waals surface area contributed by atoms with E-state index >= 15 is 0 Å². The van der Waals surface area contributed by atoms with Gasteiger partial charge >= 0.3 is 0 Å². The van der Waals surface area contributed by atoms with Gasteiger partial charge < -0.3 is 15.0 Å². The van der Waals surface area contributed by atoms with Gasteiger partial charge in [-0.25, -0.2) is 9.37 Å². The lowest BCUT2D eigenvalue weighted by molar-refractivity contribution is 0.260. The predicted molar refractivity (Wildman–Crippen MR) is 74.9 cm³/mol. The molecule has 19 heavy (non-hydrogen) atoms. The Labute approximate surface area is 115 Å². The zero-order valence-corrected chi connectivity index (χ0v) is 12.1. The molecule has 0 fully saturated rings. The summed E-state index contributed by atoms with van der Waals surface area (Å²) >= 11 is 0. The van der Waals surface area contributed by atoms with E-state index in [-0.39, 0.29) is 11.7 Å². The Morgan fingerprint density at radius 1 is 1.42 bits per heavy atom. The van der Waals surface area contributed by atoms with Crippen LogP contribution in [0.4, 0.5) is 4.39 Å². The molecule has 0 aromatic carbocycles. The fourth-order valence-corrected chi connectivity index (χ4v) is 1.65. The summed E-state index contributed by atoms with van der Waals surface area (Å²) in [6.07, 6.45) is 3.47. The maximum absolute atomic E-state index is 14.0. The molecular formula is C14H24FN3O. The van der Waals surface area contributed by atoms with Crippen molar-refractivity contribution in [2.24, 2.45) is 0 Å². The topological polar surface area (TPSA) is 37.4 Å². The quantitative estimate of drug-likeness (QED) is 0.696. The van der Waals surface area contributed by atoms with Crippen LogP contribution in [0.5, 0.6) is 5.88 Å². The number of pyridine rings is 1. The number of rotatable bonds is 9. The van der Waals surface area contributed by atoms with Gasteiger partial charge in [-0.15, -0.1) is 0 Å². The van der Waals surface area contributed by atoms with E-state index < -0.39 is 0 Å². The molecule has 1 rings (SSSR count). The highest BCUT2D eigenvalue weighted by Crippen LogP contribution is 2.17. The Morgan fingerprint density at radius 3 is 2.89 bits per heavy atom. The number of ether oxygens (including phenoxy) is 1. The van der Waals surface area contributed by atoms with Crippen molar-refractivity contribution in [1.82, 2.24) is 15.2 Å². The first kappa shape index (κ1) is 15.9. The highest BCUT2D eigenvalue weighted by atomic mass is 19.1. The normalized spacial score (nSPS) is 11.0. The Morgan fingerprint density at radius 2 is 2.21 bits per heavy atom. The highest BCUT2D eigenvalue weighted by molar-refractivity contribution is 5.23. The second-order valence-corrected chi connectivity index (χ2v) is 4.77. The lowest BCUT2D eigenvalue weighted by atomic mass is 10.2. The molecule has 1 aromatic heterocycles. The van der Waals surface area contributed by atoms with Crippen LogP contribution in [-0.2, 0) is 6.54 Å². The van der Waals surface area contributed by atoms with Gasteiger partial charge in [0.1, 0.15) is 0 Å². The fraction of sp³-hybridized carbons (Fsp3) is 0.643. The summed E-state index contributed by atoms with van der Waals surface area (Å²) < 4.78 is 19.4. The van der Waals surface area contributed by atoms with Gasteiger partial charge in [0.2, 0.25) is 0 Å². The van der Waals surface area contributed by atoms with E-state index in [2.05, 4.69) is 22.1 Å². The Kier molecular flexibility index (Phi) is 7.36. The molecule has 0 unspecified atom stereocenters. The lowest BCUT2D eigenvalue weighted by Gasteiger charge is -2.11. The molecule has 1 N–H and O–H groups in total. The van der Waals surface area contributed by atoms with Crippen LogP contribution in [0, 0.1) is 5.82 Å². The molecule has 108 valence electrons. The summed E-state index contributed by atoms with van der Waals surface area (Å²) in [5, 5.41) is 3.17. The van der Waals surface area contributed by atoms with Crippen LogP contribution in [-0.4, -0.2) is 43.7 Å². The van der Waals surface area contributed by atoms with Crippen LogP contribution in [0.15, 0.2) is 12.3 Å². The van der Waals surface area contributed by atoms with Crippen LogP contribution in [0.25, 0.3) is 0 Å². The molecule has 1 aromatic rings.